The molecule has 0 amide bonds. The number of esters is 1. The summed E-state index contributed by atoms with van der Waals surface area (Å²) in [4.78, 5) is 14.4. The fourth-order valence-corrected chi connectivity index (χ4v) is 16.7. The molecule has 9 rings (SSSR count). The molecule has 25 nitrogen and oxygen atoms in total. The lowest BCUT2D eigenvalue weighted by atomic mass is 9.40. The van der Waals surface area contributed by atoms with E-state index in [0.29, 0.717) is 19.3 Å². The molecule has 5 saturated heterocycles. The Balaban J connectivity index is 0.907. The van der Waals surface area contributed by atoms with Gasteiger partial charge >= 0.3 is 16.4 Å². The van der Waals surface area contributed by atoms with Crippen LogP contribution in [0.5, 0.6) is 0 Å². The summed E-state index contributed by atoms with van der Waals surface area (Å²) >= 11 is 0. The van der Waals surface area contributed by atoms with Crippen LogP contribution in [-0.4, -0.2) is 231 Å². The fourth-order valence-electron chi connectivity index (χ4n) is 16.2. The Bertz CT molecular complexity index is 2390. The predicted molar refractivity (Wildman–Crippen MR) is 272 cm³/mol. The number of aliphatic hydroxyl groups excluding tert-OH is 10. The van der Waals surface area contributed by atoms with Crippen molar-refractivity contribution in [2.75, 3.05) is 26.9 Å². The molecule has 4 aliphatic carbocycles. The Morgan fingerprint density at radius 2 is 1.30 bits per heavy atom. The second kappa shape index (κ2) is 23.1. The molecule has 11 N–H and O–H groups in total. The van der Waals surface area contributed by atoms with Gasteiger partial charge in [-0.05, 0) is 107 Å². The average Bonchev–Trinajstić information content (AvgIpc) is 3.90. The first-order valence-electron chi connectivity index (χ1n) is 28.1. The van der Waals surface area contributed by atoms with Gasteiger partial charge in [0.25, 0.3) is 0 Å². The molecule has 28 unspecified atom stereocenters. The van der Waals surface area contributed by atoms with Crippen molar-refractivity contribution in [2.24, 2.45) is 39.4 Å². The number of fused-ring (bicyclic) bond motifs is 4. The number of carbonyl (C=O) groups is 1. The lowest BCUT2D eigenvalue weighted by Crippen LogP contribution is -2.67. The highest BCUT2D eigenvalue weighted by atomic mass is 32.3. The second-order valence-corrected chi connectivity index (χ2v) is 26.5. The number of carbonyl (C=O) groups excluding carboxylic acids is 1. The van der Waals surface area contributed by atoms with Gasteiger partial charge in [0.15, 0.2) is 25.2 Å². The van der Waals surface area contributed by atoms with Gasteiger partial charge in [-0.2, -0.15) is 8.42 Å². The van der Waals surface area contributed by atoms with Crippen LogP contribution in [0.25, 0.3) is 0 Å². The summed E-state index contributed by atoms with van der Waals surface area (Å²) in [5.41, 5.74) is -1.18. The van der Waals surface area contributed by atoms with Crippen LogP contribution in [0.4, 0.5) is 0 Å². The van der Waals surface area contributed by atoms with Crippen LogP contribution >= 0.6 is 0 Å². The van der Waals surface area contributed by atoms with Crippen LogP contribution in [0.15, 0.2) is 23.3 Å². The third kappa shape index (κ3) is 10.5. The van der Waals surface area contributed by atoms with E-state index in [1.54, 1.807) is 0 Å². The minimum atomic E-state index is -5.17. The van der Waals surface area contributed by atoms with Crippen LogP contribution in [0.2, 0.25) is 0 Å². The van der Waals surface area contributed by atoms with E-state index in [2.05, 4.69) is 33.8 Å². The second-order valence-electron chi connectivity index (χ2n) is 25.4. The van der Waals surface area contributed by atoms with Crippen molar-refractivity contribution in [3.8, 4) is 0 Å². The number of cyclic esters (lactones) is 1. The summed E-state index contributed by atoms with van der Waals surface area (Å²) in [5, 5.41) is 112. The van der Waals surface area contributed by atoms with Crippen molar-refractivity contribution in [2.45, 2.75) is 241 Å². The quantitative estimate of drug-likeness (QED) is 0.0398. The molecule has 9 aliphatic rings. The minimum Gasteiger partial charge on any atom is -0.458 e. The Labute approximate surface area is 466 Å². The van der Waals surface area contributed by atoms with E-state index in [1.807, 2.05) is 26.8 Å². The first kappa shape index (κ1) is 62.6. The molecule has 1 spiro atoms. The number of rotatable bonds is 16. The number of ether oxygens (including phenoxy) is 10. The van der Waals surface area contributed by atoms with Crippen LogP contribution in [0, 0.1) is 39.4 Å². The Morgan fingerprint density at radius 1 is 0.700 bits per heavy atom. The molecule has 0 aromatic rings. The highest BCUT2D eigenvalue weighted by molar-refractivity contribution is 7.80. The van der Waals surface area contributed by atoms with E-state index in [4.69, 9.17) is 51.6 Å². The third-order valence-electron chi connectivity index (χ3n) is 20.3. The Morgan fingerprint density at radius 3 is 1.91 bits per heavy atom. The molecule has 80 heavy (non-hydrogen) atoms. The predicted octanol–water partition coefficient (Wildman–Crippen LogP) is -0.590. The summed E-state index contributed by atoms with van der Waals surface area (Å²) in [5.74, 6) is -0.537. The van der Waals surface area contributed by atoms with Gasteiger partial charge in [0.05, 0.1) is 38.1 Å². The maximum atomic E-state index is 14.4. The Hall–Kier alpha value is -1.94. The highest BCUT2D eigenvalue weighted by Crippen LogP contribution is 2.76. The highest BCUT2D eigenvalue weighted by Gasteiger charge is 2.79. The molecule has 5 aliphatic heterocycles. The van der Waals surface area contributed by atoms with Crippen molar-refractivity contribution in [3.63, 3.8) is 0 Å². The molecule has 458 valence electrons. The van der Waals surface area contributed by atoms with Gasteiger partial charge in [0, 0.05) is 13.0 Å². The average molecular weight is 1170 g/mol. The molecule has 5 heterocycles. The summed E-state index contributed by atoms with van der Waals surface area (Å²) in [6.45, 7) is 13.8. The van der Waals surface area contributed by atoms with Crippen LogP contribution in [0.1, 0.15) is 107 Å². The topological polar surface area (TPSA) is 375 Å². The number of methoxy groups -OCH3 is 1. The minimum absolute atomic E-state index is 0.00689. The molecular formula is C54H86O25S. The zero-order valence-electron chi connectivity index (χ0n) is 46.8. The van der Waals surface area contributed by atoms with Crippen molar-refractivity contribution in [1.82, 2.24) is 0 Å². The van der Waals surface area contributed by atoms with Crippen LogP contribution < -0.4 is 0 Å². The lowest BCUT2D eigenvalue weighted by molar-refractivity contribution is -0.389. The zero-order chi connectivity index (χ0) is 58.6. The first-order chi connectivity index (χ1) is 37.4. The van der Waals surface area contributed by atoms with Gasteiger partial charge in [-0.1, -0.05) is 51.0 Å². The molecule has 0 radical (unpaired) electrons. The number of hydrogen-bond donors (Lipinski definition) is 11. The van der Waals surface area contributed by atoms with E-state index in [1.165, 1.54) is 19.6 Å². The number of aliphatic hydroxyl groups is 10. The van der Waals surface area contributed by atoms with E-state index < -0.39 is 186 Å². The normalized spacial score (nSPS) is 51.0. The fraction of sp³-hybridized carbons (Fsp3) is 0.907. The number of allylic oxidation sites excluding steroid dienone is 3. The molecular weight excluding hydrogens is 1080 g/mol. The number of hydrogen-bond acceptors (Lipinski definition) is 24. The summed E-state index contributed by atoms with van der Waals surface area (Å²) in [6, 6.07) is 0. The molecule has 3 saturated carbocycles. The third-order valence-corrected chi connectivity index (χ3v) is 20.8. The molecule has 28 atom stereocenters. The van der Waals surface area contributed by atoms with E-state index in [9.17, 15) is 68.8 Å². The maximum absolute atomic E-state index is 14.4. The zero-order valence-corrected chi connectivity index (χ0v) is 47.6. The van der Waals surface area contributed by atoms with Crippen molar-refractivity contribution < 1.29 is 120 Å². The molecule has 0 aromatic carbocycles. The molecule has 8 fully saturated rings. The largest absolute Gasteiger partial charge is 0.458 e. The van der Waals surface area contributed by atoms with Crippen LogP contribution in [0.3, 0.4) is 0 Å². The van der Waals surface area contributed by atoms with E-state index in [-0.39, 0.29) is 23.7 Å². The molecule has 0 bridgehead atoms. The summed E-state index contributed by atoms with van der Waals surface area (Å²) in [6.07, 6.45) is -24.1. The van der Waals surface area contributed by atoms with Gasteiger partial charge in [-0.15, -0.1) is 0 Å². The lowest BCUT2D eigenvalue weighted by Gasteiger charge is -2.64. The Kier molecular flexibility index (Phi) is 18.0. The SMILES string of the molecule is COC1C(O)C(CO)OC(OC2C(O)C(CO)OC(OC3C(C)OC(OC4C(OC5CCC6(C)C7=CC(O)C89C(=O)OC(C)(CCC=C(C)C)C8CCC9(C)C7CCC6C5(C)C)OCC(OS(=O)(=O)O)C4O)C(O)C3O)C2O)C1O. The maximum Gasteiger partial charge on any atom is 0.397 e. The summed E-state index contributed by atoms with van der Waals surface area (Å²) in [7, 11) is -3.99. The molecule has 26 heteroatoms. The van der Waals surface area contributed by atoms with Crippen molar-refractivity contribution in [3.05, 3.63) is 23.3 Å². The van der Waals surface area contributed by atoms with Crippen LogP contribution in [-0.2, 0) is 66.7 Å². The van der Waals surface area contributed by atoms with E-state index in [0.717, 1.165) is 37.7 Å². The monoisotopic (exact) mass is 1170 g/mol. The first-order valence-corrected chi connectivity index (χ1v) is 29.4. The van der Waals surface area contributed by atoms with Crippen molar-refractivity contribution in [1.29, 1.82) is 0 Å². The van der Waals surface area contributed by atoms with Gasteiger partial charge in [0.1, 0.15) is 96.5 Å². The van der Waals surface area contributed by atoms with Crippen molar-refractivity contribution >= 4 is 16.4 Å². The standard InChI is InChI=1S/C54H86O25S/c1-23(2)11-10-16-53(8)31-14-18-52(7)25-12-13-30-50(4,5)33(15-17-51(30,6)26(25)19-32(57)54(31,52)49(65)78-53)74-48-44(36(60)29(22-70-48)79-80(66,67)68)77-45-38(62)37(61)41(24(3)71-45)75-47-40(64)43(35(59)28(21-56)73-47)76-46-39(63)42(69-9)34(58)27(20-55)72-46/h11,19,24-25,27-48,55-64H,10,12-18,20-22H2,1-9H3,(H,66,67,68). The van der Waals surface area contributed by atoms with E-state index >= 15 is 0 Å². The smallest absolute Gasteiger partial charge is 0.397 e. The summed E-state index contributed by atoms with van der Waals surface area (Å²) < 4.78 is 98.1. The molecule has 0 aromatic heterocycles. The van der Waals surface area contributed by atoms with Gasteiger partial charge in [-0.25, -0.2) is 4.18 Å². The van der Waals surface area contributed by atoms with Gasteiger partial charge in [-0.3, -0.25) is 9.35 Å². The van der Waals surface area contributed by atoms with Gasteiger partial charge in [0.2, 0.25) is 0 Å². The van der Waals surface area contributed by atoms with Gasteiger partial charge < -0.3 is 98.4 Å².